The molecule has 0 amide bonds. The normalized spacial score (nSPS) is 15.4. The van der Waals surface area contributed by atoms with E-state index in [4.69, 9.17) is 24.7 Å². The maximum absolute atomic E-state index is 6.39. The molecule has 0 aliphatic rings. The van der Waals surface area contributed by atoms with Gasteiger partial charge in [0.1, 0.15) is 0 Å². The smallest absolute Gasteiger partial charge is 0.377 e. The molecule has 5 nitrogen and oxygen atoms in total. The molecule has 1 atom stereocenters. The summed E-state index contributed by atoms with van der Waals surface area (Å²) in [7, 11) is -1.35. The first-order chi connectivity index (χ1) is 10.7. The SMILES string of the molecule is CCC[Si](OC)(OC(C)(C)Cc1ccccc1)OC(N)(N)CC. The Labute approximate surface area is 141 Å². The number of hydrogen-bond donors (Lipinski definition) is 2. The van der Waals surface area contributed by atoms with E-state index in [2.05, 4.69) is 19.1 Å². The lowest BCUT2D eigenvalue weighted by Crippen LogP contribution is -2.63. The zero-order chi connectivity index (χ0) is 17.6. The molecule has 0 heterocycles. The van der Waals surface area contributed by atoms with Crippen molar-refractivity contribution >= 4 is 8.80 Å². The highest BCUT2D eigenvalue weighted by Gasteiger charge is 2.48. The first-order valence-electron chi connectivity index (χ1n) is 8.25. The summed E-state index contributed by atoms with van der Waals surface area (Å²) < 4.78 is 18.1. The van der Waals surface area contributed by atoms with Crippen molar-refractivity contribution in [2.45, 2.75) is 64.5 Å². The highest BCUT2D eigenvalue weighted by molar-refractivity contribution is 6.60. The quantitative estimate of drug-likeness (QED) is 0.505. The summed E-state index contributed by atoms with van der Waals surface area (Å²) in [6.45, 7) is 8.04. The van der Waals surface area contributed by atoms with Crippen LogP contribution >= 0.6 is 0 Å². The van der Waals surface area contributed by atoms with Crippen molar-refractivity contribution < 1.29 is 13.3 Å². The van der Waals surface area contributed by atoms with E-state index in [1.54, 1.807) is 7.11 Å². The zero-order valence-corrected chi connectivity index (χ0v) is 16.1. The third kappa shape index (κ3) is 6.70. The summed E-state index contributed by atoms with van der Waals surface area (Å²) in [5.41, 5.74) is 12.8. The minimum atomic E-state index is -2.97. The average Bonchev–Trinajstić information content (AvgIpc) is 2.47. The van der Waals surface area contributed by atoms with E-state index in [1.165, 1.54) is 5.56 Å². The fourth-order valence-corrected chi connectivity index (χ4v) is 5.39. The first kappa shape index (κ1) is 20.3. The Morgan fingerprint density at radius 3 is 2.13 bits per heavy atom. The van der Waals surface area contributed by atoms with Gasteiger partial charge in [-0.05, 0) is 25.8 Å². The monoisotopic (exact) mass is 340 g/mol. The van der Waals surface area contributed by atoms with Gasteiger partial charge in [0.25, 0.3) is 0 Å². The second-order valence-electron chi connectivity index (χ2n) is 6.57. The predicted octanol–water partition coefficient (Wildman–Crippen LogP) is 3.02. The third-order valence-electron chi connectivity index (χ3n) is 3.67. The molecule has 0 aromatic heterocycles. The number of nitrogens with two attached hydrogens (primary N) is 2. The summed E-state index contributed by atoms with van der Waals surface area (Å²) in [6, 6.07) is 10.9. The van der Waals surface area contributed by atoms with Crippen molar-refractivity contribution in [2.24, 2.45) is 11.5 Å². The van der Waals surface area contributed by atoms with Crippen LogP contribution in [0, 0.1) is 0 Å². The molecule has 0 saturated carbocycles. The Morgan fingerprint density at radius 2 is 1.65 bits per heavy atom. The Hall–Kier alpha value is -0.763. The van der Waals surface area contributed by atoms with E-state index in [9.17, 15) is 0 Å². The minimum Gasteiger partial charge on any atom is -0.377 e. The molecule has 1 rings (SSSR count). The molecule has 4 N–H and O–H groups in total. The van der Waals surface area contributed by atoms with Gasteiger partial charge in [0.2, 0.25) is 0 Å². The molecule has 0 fully saturated rings. The molecule has 23 heavy (non-hydrogen) atoms. The van der Waals surface area contributed by atoms with Crippen LogP contribution in [0.25, 0.3) is 0 Å². The number of benzene rings is 1. The second kappa shape index (κ2) is 8.37. The van der Waals surface area contributed by atoms with E-state index < -0.39 is 20.3 Å². The van der Waals surface area contributed by atoms with Crippen molar-refractivity contribution in [3.05, 3.63) is 35.9 Å². The summed E-state index contributed by atoms with van der Waals surface area (Å²) >= 11 is 0. The highest BCUT2D eigenvalue weighted by Crippen LogP contribution is 2.29. The van der Waals surface area contributed by atoms with Gasteiger partial charge in [0.05, 0.1) is 5.60 Å². The Morgan fingerprint density at radius 1 is 1.04 bits per heavy atom. The molecule has 0 aliphatic heterocycles. The van der Waals surface area contributed by atoms with Crippen molar-refractivity contribution in [2.75, 3.05) is 7.11 Å². The van der Waals surface area contributed by atoms with Gasteiger partial charge < -0.3 is 13.3 Å². The van der Waals surface area contributed by atoms with Gasteiger partial charge in [0.15, 0.2) is 5.85 Å². The largest absolute Gasteiger partial charge is 0.503 e. The van der Waals surface area contributed by atoms with Gasteiger partial charge in [0, 0.05) is 19.6 Å². The van der Waals surface area contributed by atoms with Crippen molar-refractivity contribution in [3.8, 4) is 0 Å². The fraction of sp³-hybridized carbons (Fsp3) is 0.647. The maximum atomic E-state index is 6.39. The van der Waals surface area contributed by atoms with E-state index in [0.717, 1.165) is 12.8 Å². The van der Waals surface area contributed by atoms with Crippen LogP contribution in [-0.2, 0) is 19.7 Å². The molecule has 1 aromatic rings. The topological polar surface area (TPSA) is 79.7 Å². The van der Waals surface area contributed by atoms with Crippen molar-refractivity contribution in [3.63, 3.8) is 0 Å². The molecular weight excluding hydrogens is 308 g/mol. The molecule has 0 radical (unpaired) electrons. The van der Waals surface area contributed by atoms with Crippen LogP contribution in [0.2, 0.25) is 6.04 Å². The van der Waals surface area contributed by atoms with Crippen LogP contribution in [0.4, 0.5) is 0 Å². The second-order valence-corrected chi connectivity index (χ2v) is 9.25. The molecule has 6 heteroatoms. The van der Waals surface area contributed by atoms with E-state index in [-0.39, 0.29) is 0 Å². The van der Waals surface area contributed by atoms with Crippen LogP contribution in [0.3, 0.4) is 0 Å². The van der Waals surface area contributed by atoms with Gasteiger partial charge in [-0.15, -0.1) is 0 Å². The maximum Gasteiger partial charge on any atom is 0.503 e. The molecule has 0 spiro atoms. The lowest BCUT2D eigenvalue weighted by Gasteiger charge is -2.40. The van der Waals surface area contributed by atoms with Crippen molar-refractivity contribution in [1.29, 1.82) is 0 Å². The van der Waals surface area contributed by atoms with Crippen molar-refractivity contribution in [1.82, 2.24) is 0 Å². The summed E-state index contributed by atoms with van der Waals surface area (Å²) in [4.78, 5) is 0. The van der Waals surface area contributed by atoms with Gasteiger partial charge in [-0.1, -0.05) is 50.6 Å². The molecule has 0 aliphatic carbocycles. The van der Waals surface area contributed by atoms with Crippen LogP contribution in [-0.4, -0.2) is 27.4 Å². The van der Waals surface area contributed by atoms with E-state index >= 15 is 0 Å². The van der Waals surface area contributed by atoms with Gasteiger partial charge in [-0.25, -0.2) is 0 Å². The molecule has 0 bridgehead atoms. The zero-order valence-electron chi connectivity index (χ0n) is 15.1. The Bertz CT molecular complexity index is 468. The average molecular weight is 341 g/mol. The van der Waals surface area contributed by atoms with E-state index in [0.29, 0.717) is 12.5 Å². The Kier molecular flexibility index (Phi) is 7.38. The lowest BCUT2D eigenvalue weighted by molar-refractivity contribution is -0.0591. The van der Waals surface area contributed by atoms with E-state index in [1.807, 2.05) is 39.0 Å². The van der Waals surface area contributed by atoms with Crippen LogP contribution in [0.5, 0.6) is 0 Å². The van der Waals surface area contributed by atoms with Crippen LogP contribution in [0.1, 0.15) is 46.1 Å². The van der Waals surface area contributed by atoms with Gasteiger partial charge >= 0.3 is 8.80 Å². The summed E-state index contributed by atoms with van der Waals surface area (Å²) in [6.07, 6.45) is 2.12. The predicted molar refractivity (Wildman–Crippen MR) is 95.7 cm³/mol. The molecule has 1 aromatic carbocycles. The van der Waals surface area contributed by atoms with Gasteiger partial charge in [-0.3, -0.25) is 11.5 Å². The molecule has 0 saturated heterocycles. The third-order valence-corrected chi connectivity index (χ3v) is 6.96. The highest BCUT2D eigenvalue weighted by atomic mass is 28.4. The Balaban J connectivity index is 2.94. The summed E-state index contributed by atoms with van der Waals surface area (Å²) in [5, 5.41) is 0. The minimum absolute atomic E-state index is 0.442. The molecular formula is C17H32N2O3Si. The standard InChI is InChI=1S/C17H32N2O3Si/c1-6-13-23(20-5,22-17(18,19)7-2)21-16(3,4)14-15-11-9-8-10-12-15/h8-12H,6-7,13-14,18-19H2,1-5H3. The lowest BCUT2D eigenvalue weighted by atomic mass is 9.99. The molecule has 1 unspecified atom stereocenters. The number of rotatable bonds is 10. The van der Waals surface area contributed by atoms with Gasteiger partial charge in [-0.2, -0.15) is 0 Å². The summed E-state index contributed by atoms with van der Waals surface area (Å²) in [5.74, 6) is -1.24. The molecule has 132 valence electrons. The fourth-order valence-electron chi connectivity index (χ4n) is 2.52. The first-order valence-corrected chi connectivity index (χ1v) is 10.2. The van der Waals surface area contributed by atoms with Crippen LogP contribution < -0.4 is 11.5 Å². The number of hydrogen-bond acceptors (Lipinski definition) is 5. The van der Waals surface area contributed by atoms with Crippen LogP contribution in [0.15, 0.2) is 30.3 Å².